The molecule has 0 spiro atoms. The van der Waals surface area contributed by atoms with Gasteiger partial charge in [-0.3, -0.25) is 0 Å². The molecule has 1 aliphatic rings. The van der Waals surface area contributed by atoms with Crippen molar-refractivity contribution in [1.29, 1.82) is 0 Å². The number of hydrogen-bond acceptors (Lipinski definition) is 6. The molecule has 27 heavy (non-hydrogen) atoms. The molecule has 7 nitrogen and oxygen atoms in total. The van der Waals surface area contributed by atoms with E-state index in [9.17, 15) is 9.59 Å². The molecular formula is C20H24N2O5. The molecule has 2 aromatic rings. The number of carbonyl (C=O) groups excluding carboxylic acids is 2. The topological polar surface area (TPSA) is 79.7 Å². The molecule has 7 heteroatoms. The number of ether oxygens (including phenoxy) is 3. The van der Waals surface area contributed by atoms with Gasteiger partial charge in [-0.2, -0.15) is 0 Å². The zero-order valence-corrected chi connectivity index (χ0v) is 15.8. The Morgan fingerprint density at radius 2 is 1.89 bits per heavy atom. The van der Waals surface area contributed by atoms with Crippen molar-refractivity contribution < 1.29 is 23.8 Å². The molecule has 3 rings (SSSR count). The van der Waals surface area contributed by atoms with E-state index in [1.54, 1.807) is 24.7 Å². The van der Waals surface area contributed by atoms with Gasteiger partial charge in [-0.25, -0.2) is 14.6 Å². The fourth-order valence-electron chi connectivity index (χ4n) is 2.74. The van der Waals surface area contributed by atoms with Crippen molar-refractivity contribution in [3.63, 3.8) is 0 Å². The van der Waals surface area contributed by atoms with Crippen molar-refractivity contribution in [3.8, 4) is 0 Å². The molecule has 1 heterocycles. The van der Waals surface area contributed by atoms with Crippen molar-refractivity contribution in [2.45, 2.75) is 51.4 Å². The third-order valence-electron chi connectivity index (χ3n) is 4.48. The predicted molar refractivity (Wildman–Crippen MR) is 97.4 cm³/mol. The highest BCUT2D eigenvalue weighted by Crippen LogP contribution is 2.40. The minimum Gasteiger partial charge on any atom is -0.451 e. The van der Waals surface area contributed by atoms with Crippen molar-refractivity contribution in [2.75, 3.05) is 6.61 Å². The number of nitrogens with zero attached hydrogens (tertiary/aromatic N) is 2. The van der Waals surface area contributed by atoms with Gasteiger partial charge >= 0.3 is 12.1 Å². The Bertz CT molecular complexity index is 796. The summed E-state index contributed by atoms with van der Waals surface area (Å²) in [7, 11) is 0. The summed E-state index contributed by atoms with van der Waals surface area (Å²) in [5.74, 6) is -0.478. The Labute approximate surface area is 158 Å². The summed E-state index contributed by atoms with van der Waals surface area (Å²) in [5.41, 5.74) is 0.658. The standard InChI is InChI=1S/C20H24N2O5/c1-14(2)26-19(24)25-12-20(9-10-20)27-18(23)17-11-21-13-22(17)15(3)16-7-5-4-6-8-16/h4-8,11,13-15H,9-10,12H2,1-3H3/t15-/m1/s1. The Kier molecular flexibility index (Phi) is 5.48. The number of imidazole rings is 1. The number of carbonyl (C=O) groups is 2. The molecule has 0 amide bonds. The Balaban J connectivity index is 1.64. The van der Waals surface area contributed by atoms with Crippen molar-refractivity contribution in [2.24, 2.45) is 0 Å². The van der Waals surface area contributed by atoms with Gasteiger partial charge in [0.25, 0.3) is 0 Å². The van der Waals surface area contributed by atoms with Crippen LogP contribution in [-0.2, 0) is 14.2 Å². The number of rotatable bonds is 7. The van der Waals surface area contributed by atoms with E-state index >= 15 is 0 Å². The van der Waals surface area contributed by atoms with E-state index < -0.39 is 17.7 Å². The lowest BCUT2D eigenvalue weighted by molar-refractivity contribution is -0.0231. The summed E-state index contributed by atoms with van der Waals surface area (Å²) in [6.07, 6.45) is 3.39. The summed E-state index contributed by atoms with van der Waals surface area (Å²) in [6.45, 7) is 5.46. The number of hydrogen-bond donors (Lipinski definition) is 0. The molecule has 0 aliphatic heterocycles. The molecule has 1 aliphatic carbocycles. The van der Waals surface area contributed by atoms with Gasteiger partial charge in [0.2, 0.25) is 0 Å². The maximum absolute atomic E-state index is 12.7. The van der Waals surface area contributed by atoms with Crippen LogP contribution in [0.3, 0.4) is 0 Å². The first-order valence-corrected chi connectivity index (χ1v) is 9.04. The highest BCUT2D eigenvalue weighted by Gasteiger charge is 2.49. The lowest BCUT2D eigenvalue weighted by Gasteiger charge is -2.20. The molecule has 0 N–H and O–H groups in total. The lowest BCUT2D eigenvalue weighted by Crippen LogP contribution is -2.29. The fourth-order valence-corrected chi connectivity index (χ4v) is 2.74. The maximum Gasteiger partial charge on any atom is 0.508 e. The van der Waals surface area contributed by atoms with Crippen LogP contribution in [0.2, 0.25) is 0 Å². The first-order chi connectivity index (χ1) is 12.9. The second-order valence-electron chi connectivity index (χ2n) is 7.05. The molecular weight excluding hydrogens is 348 g/mol. The van der Waals surface area contributed by atoms with Crippen LogP contribution in [0.1, 0.15) is 55.7 Å². The highest BCUT2D eigenvalue weighted by atomic mass is 16.7. The highest BCUT2D eigenvalue weighted by molar-refractivity contribution is 5.88. The van der Waals surface area contributed by atoms with Crippen molar-refractivity contribution >= 4 is 12.1 Å². The zero-order chi connectivity index (χ0) is 19.4. The number of benzene rings is 1. The smallest absolute Gasteiger partial charge is 0.451 e. The molecule has 0 radical (unpaired) electrons. The molecule has 1 atom stereocenters. The normalized spacial score (nSPS) is 15.9. The summed E-state index contributed by atoms with van der Waals surface area (Å²) < 4.78 is 17.4. The van der Waals surface area contributed by atoms with Gasteiger partial charge in [0.1, 0.15) is 17.9 Å². The van der Waals surface area contributed by atoms with Crippen LogP contribution >= 0.6 is 0 Å². The number of esters is 1. The van der Waals surface area contributed by atoms with Gasteiger partial charge in [0, 0.05) is 0 Å². The summed E-state index contributed by atoms with van der Waals surface area (Å²) in [5, 5.41) is 0. The molecule has 0 unspecified atom stereocenters. The fraction of sp³-hybridized carbons (Fsp3) is 0.450. The maximum atomic E-state index is 12.7. The second kappa shape index (κ2) is 7.82. The van der Waals surface area contributed by atoms with Crippen LogP contribution in [0, 0.1) is 0 Å². The molecule has 0 saturated heterocycles. The van der Waals surface area contributed by atoms with Crippen LogP contribution in [0.15, 0.2) is 42.9 Å². The van der Waals surface area contributed by atoms with E-state index in [0.717, 1.165) is 5.56 Å². The van der Waals surface area contributed by atoms with Gasteiger partial charge in [-0.15, -0.1) is 0 Å². The van der Waals surface area contributed by atoms with E-state index in [2.05, 4.69) is 4.98 Å². The summed E-state index contributed by atoms with van der Waals surface area (Å²) in [4.78, 5) is 28.3. The van der Waals surface area contributed by atoms with Gasteiger partial charge in [0.15, 0.2) is 0 Å². The minimum atomic E-state index is -0.766. The van der Waals surface area contributed by atoms with E-state index in [-0.39, 0.29) is 18.8 Å². The predicted octanol–water partition coefficient (Wildman–Crippen LogP) is 3.74. The first kappa shape index (κ1) is 18.9. The van der Waals surface area contributed by atoms with Gasteiger partial charge < -0.3 is 18.8 Å². The third kappa shape index (κ3) is 4.67. The van der Waals surface area contributed by atoms with Crippen LogP contribution < -0.4 is 0 Å². The van der Waals surface area contributed by atoms with E-state index in [1.807, 2.05) is 37.3 Å². The van der Waals surface area contributed by atoms with Crippen LogP contribution in [0.25, 0.3) is 0 Å². The molecule has 1 saturated carbocycles. The SMILES string of the molecule is CC(C)OC(=O)OCC1(OC(=O)c2cncn2[C@H](C)c2ccccc2)CC1. The Morgan fingerprint density at radius 1 is 1.19 bits per heavy atom. The van der Waals surface area contributed by atoms with Gasteiger partial charge in [0.05, 0.1) is 24.7 Å². The molecule has 1 fully saturated rings. The van der Waals surface area contributed by atoms with Gasteiger partial charge in [-0.05, 0) is 39.2 Å². The second-order valence-corrected chi connectivity index (χ2v) is 7.05. The average molecular weight is 372 g/mol. The van der Waals surface area contributed by atoms with E-state index in [1.165, 1.54) is 6.20 Å². The summed E-state index contributed by atoms with van der Waals surface area (Å²) >= 11 is 0. The minimum absolute atomic E-state index is 0.00727. The van der Waals surface area contributed by atoms with Crippen LogP contribution in [0.4, 0.5) is 4.79 Å². The third-order valence-corrected chi connectivity index (χ3v) is 4.48. The lowest BCUT2D eigenvalue weighted by atomic mass is 10.1. The Morgan fingerprint density at radius 3 is 2.52 bits per heavy atom. The monoisotopic (exact) mass is 372 g/mol. The van der Waals surface area contributed by atoms with Crippen molar-refractivity contribution in [1.82, 2.24) is 9.55 Å². The van der Waals surface area contributed by atoms with Crippen LogP contribution in [-0.4, -0.2) is 40.0 Å². The summed E-state index contributed by atoms with van der Waals surface area (Å²) in [6, 6.07) is 9.78. The van der Waals surface area contributed by atoms with Gasteiger partial charge in [-0.1, -0.05) is 30.3 Å². The quantitative estimate of drug-likeness (QED) is 0.689. The molecule has 1 aromatic heterocycles. The largest absolute Gasteiger partial charge is 0.508 e. The zero-order valence-electron chi connectivity index (χ0n) is 15.8. The molecule has 144 valence electrons. The van der Waals surface area contributed by atoms with Crippen LogP contribution in [0.5, 0.6) is 0 Å². The van der Waals surface area contributed by atoms with E-state index in [4.69, 9.17) is 14.2 Å². The average Bonchev–Trinajstić information content (AvgIpc) is 3.22. The molecule has 1 aromatic carbocycles. The first-order valence-electron chi connectivity index (χ1n) is 9.04. The van der Waals surface area contributed by atoms with Crippen molar-refractivity contribution in [3.05, 3.63) is 54.1 Å². The van der Waals surface area contributed by atoms with E-state index in [0.29, 0.717) is 18.5 Å². The molecule has 0 bridgehead atoms. The Hall–Kier alpha value is -2.83. The number of aromatic nitrogens is 2.